The van der Waals surface area contributed by atoms with Crippen LogP contribution in [0.3, 0.4) is 0 Å². The van der Waals surface area contributed by atoms with Crippen molar-refractivity contribution >= 4 is 0 Å². The van der Waals surface area contributed by atoms with Gasteiger partial charge < -0.3 is 5.11 Å². The Hall–Kier alpha value is -0.930. The molecule has 0 saturated carbocycles. The molecular formula is C13H20FNO. The standard InChI is InChI=1S/C13H20FNO/c1-13(2,8-9-16)15(3)10-11-4-6-12(14)7-5-11/h4-7,16H,8-10H2,1-3H3. The zero-order chi connectivity index (χ0) is 12.2. The van der Waals surface area contributed by atoms with Crippen LogP contribution in [0, 0.1) is 5.82 Å². The number of hydrogen-bond acceptors (Lipinski definition) is 2. The summed E-state index contributed by atoms with van der Waals surface area (Å²) in [5, 5.41) is 8.98. The van der Waals surface area contributed by atoms with E-state index >= 15 is 0 Å². The van der Waals surface area contributed by atoms with Crippen LogP contribution in [-0.2, 0) is 6.54 Å². The summed E-state index contributed by atoms with van der Waals surface area (Å²) >= 11 is 0. The van der Waals surface area contributed by atoms with E-state index in [1.807, 2.05) is 7.05 Å². The van der Waals surface area contributed by atoms with E-state index in [2.05, 4.69) is 18.7 Å². The van der Waals surface area contributed by atoms with E-state index in [1.54, 1.807) is 12.1 Å². The minimum absolute atomic E-state index is 0.0524. The van der Waals surface area contributed by atoms with Gasteiger partial charge in [0.05, 0.1) is 0 Å². The molecule has 0 aliphatic rings. The first-order valence-electron chi connectivity index (χ1n) is 5.52. The van der Waals surface area contributed by atoms with Gasteiger partial charge in [-0.2, -0.15) is 0 Å². The van der Waals surface area contributed by atoms with Gasteiger partial charge in [0, 0.05) is 18.7 Å². The molecule has 2 nitrogen and oxygen atoms in total. The average molecular weight is 225 g/mol. The molecule has 1 aromatic carbocycles. The predicted molar refractivity (Wildman–Crippen MR) is 63.6 cm³/mol. The Morgan fingerprint density at radius 1 is 1.25 bits per heavy atom. The fraction of sp³-hybridized carbons (Fsp3) is 0.538. The molecule has 0 radical (unpaired) electrons. The monoisotopic (exact) mass is 225 g/mol. The maximum Gasteiger partial charge on any atom is 0.123 e. The van der Waals surface area contributed by atoms with Crippen molar-refractivity contribution in [3.05, 3.63) is 35.6 Å². The maximum atomic E-state index is 12.7. The van der Waals surface area contributed by atoms with Crippen LogP contribution in [0.15, 0.2) is 24.3 Å². The Labute approximate surface area is 96.7 Å². The normalized spacial score (nSPS) is 12.1. The third-order valence-electron chi connectivity index (χ3n) is 3.09. The highest BCUT2D eigenvalue weighted by molar-refractivity contribution is 5.16. The van der Waals surface area contributed by atoms with Crippen LogP contribution in [0.4, 0.5) is 4.39 Å². The van der Waals surface area contributed by atoms with Crippen molar-refractivity contribution in [3.8, 4) is 0 Å². The summed E-state index contributed by atoms with van der Waals surface area (Å²) < 4.78 is 12.7. The molecule has 0 spiro atoms. The number of halogens is 1. The molecule has 0 bridgehead atoms. The molecule has 90 valence electrons. The third-order valence-corrected chi connectivity index (χ3v) is 3.09. The highest BCUT2D eigenvalue weighted by atomic mass is 19.1. The van der Waals surface area contributed by atoms with Gasteiger partial charge in [-0.15, -0.1) is 0 Å². The van der Waals surface area contributed by atoms with Gasteiger partial charge in [0.1, 0.15) is 5.82 Å². The predicted octanol–water partition coefficient (Wildman–Crippen LogP) is 2.42. The molecule has 1 N–H and O–H groups in total. The van der Waals surface area contributed by atoms with Crippen molar-refractivity contribution in [3.63, 3.8) is 0 Å². The molecule has 16 heavy (non-hydrogen) atoms. The highest BCUT2D eigenvalue weighted by Gasteiger charge is 2.22. The highest BCUT2D eigenvalue weighted by Crippen LogP contribution is 2.19. The van der Waals surface area contributed by atoms with Crippen LogP contribution in [0.25, 0.3) is 0 Å². The van der Waals surface area contributed by atoms with Gasteiger partial charge in [0.25, 0.3) is 0 Å². The molecule has 0 aliphatic heterocycles. The van der Waals surface area contributed by atoms with E-state index in [9.17, 15) is 4.39 Å². The largest absolute Gasteiger partial charge is 0.396 e. The minimum Gasteiger partial charge on any atom is -0.396 e. The second-order valence-corrected chi connectivity index (χ2v) is 4.77. The summed E-state index contributed by atoms with van der Waals surface area (Å²) in [4.78, 5) is 2.16. The molecule has 0 aromatic heterocycles. The van der Waals surface area contributed by atoms with Gasteiger partial charge in [0.15, 0.2) is 0 Å². The lowest BCUT2D eigenvalue weighted by atomic mass is 9.98. The van der Waals surface area contributed by atoms with E-state index in [4.69, 9.17) is 5.11 Å². The van der Waals surface area contributed by atoms with E-state index in [0.29, 0.717) is 0 Å². The zero-order valence-corrected chi connectivity index (χ0v) is 10.2. The smallest absolute Gasteiger partial charge is 0.123 e. The van der Waals surface area contributed by atoms with Crippen molar-refractivity contribution < 1.29 is 9.50 Å². The van der Waals surface area contributed by atoms with E-state index in [0.717, 1.165) is 18.5 Å². The van der Waals surface area contributed by atoms with Gasteiger partial charge in [-0.25, -0.2) is 4.39 Å². The van der Waals surface area contributed by atoms with E-state index in [-0.39, 0.29) is 18.0 Å². The summed E-state index contributed by atoms with van der Waals surface area (Å²) in [6, 6.07) is 6.53. The minimum atomic E-state index is -0.207. The molecule has 3 heteroatoms. The Morgan fingerprint density at radius 3 is 2.31 bits per heavy atom. The molecule has 0 amide bonds. The Bertz CT molecular complexity index is 321. The van der Waals surface area contributed by atoms with Gasteiger partial charge in [-0.1, -0.05) is 12.1 Å². The van der Waals surface area contributed by atoms with Gasteiger partial charge in [-0.05, 0) is 45.0 Å². The Morgan fingerprint density at radius 2 is 1.81 bits per heavy atom. The van der Waals surface area contributed by atoms with Crippen molar-refractivity contribution in [2.24, 2.45) is 0 Å². The molecule has 1 aromatic rings. The topological polar surface area (TPSA) is 23.5 Å². The lowest BCUT2D eigenvalue weighted by molar-refractivity contribution is 0.110. The van der Waals surface area contributed by atoms with Crippen molar-refractivity contribution in [2.75, 3.05) is 13.7 Å². The second kappa shape index (κ2) is 5.41. The van der Waals surface area contributed by atoms with Crippen LogP contribution in [0.2, 0.25) is 0 Å². The Kier molecular flexibility index (Phi) is 4.44. The second-order valence-electron chi connectivity index (χ2n) is 4.77. The van der Waals surface area contributed by atoms with Crippen molar-refractivity contribution in [1.29, 1.82) is 0 Å². The first-order valence-corrected chi connectivity index (χ1v) is 5.52. The van der Waals surface area contributed by atoms with E-state index in [1.165, 1.54) is 12.1 Å². The van der Waals surface area contributed by atoms with Crippen molar-refractivity contribution in [1.82, 2.24) is 4.90 Å². The summed E-state index contributed by atoms with van der Waals surface area (Å²) in [6.45, 7) is 5.12. The van der Waals surface area contributed by atoms with Gasteiger partial charge >= 0.3 is 0 Å². The molecule has 0 heterocycles. The summed E-state index contributed by atoms with van der Waals surface area (Å²) in [7, 11) is 2.01. The lowest BCUT2D eigenvalue weighted by Gasteiger charge is -2.35. The van der Waals surface area contributed by atoms with Crippen LogP contribution in [0.1, 0.15) is 25.8 Å². The molecule has 1 rings (SSSR count). The van der Waals surface area contributed by atoms with Gasteiger partial charge in [0.2, 0.25) is 0 Å². The van der Waals surface area contributed by atoms with Crippen LogP contribution < -0.4 is 0 Å². The van der Waals surface area contributed by atoms with Crippen LogP contribution in [0.5, 0.6) is 0 Å². The zero-order valence-electron chi connectivity index (χ0n) is 10.2. The first kappa shape index (κ1) is 13.1. The lowest BCUT2D eigenvalue weighted by Crippen LogP contribution is -2.41. The summed E-state index contributed by atoms with van der Waals surface area (Å²) in [5.41, 5.74) is 1.03. The summed E-state index contributed by atoms with van der Waals surface area (Å²) in [5.74, 6) is -0.207. The summed E-state index contributed by atoms with van der Waals surface area (Å²) in [6.07, 6.45) is 0.727. The number of benzene rings is 1. The quantitative estimate of drug-likeness (QED) is 0.832. The fourth-order valence-corrected chi connectivity index (χ4v) is 1.54. The van der Waals surface area contributed by atoms with E-state index < -0.39 is 0 Å². The molecule has 0 fully saturated rings. The number of nitrogens with zero attached hydrogens (tertiary/aromatic N) is 1. The molecular weight excluding hydrogens is 205 g/mol. The first-order chi connectivity index (χ1) is 7.45. The molecule has 0 atom stereocenters. The molecule has 0 aliphatic carbocycles. The van der Waals surface area contributed by atoms with Crippen LogP contribution in [-0.4, -0.2) is 29.2 Å². The average Bonchev–Trinajstić information content (AvgIpc) is 2.21. The third kappa shape index (κ3) is 3.58. The maximum absolute atomic E-state index is 12.7. The van der Waals surface area contributed by atoms with Crippen molar-refractivity contribution in [2.45, 2.75) is 32.4 Å². The number of aliphatic hydroxyl groups is 1. The SMILES string of the molecule is CN(Cc1ccc(F)cc1)C(C)(C)CCO. The fourth-order valence-electron chi connectivity index (χ4n) is 1.54. The molecule has 0 unspecified atom stereocenters. The Balaban J connectivity index is 2.63. The van der Waals surface area contributed by atoms with Gasteiger partial charge in [-0.3, -0.25) is 4.90 Å². The molecule has 0 saturated heterocycles. The number of hydrogen-bond donors (Lipinski definition) is 1. The number of rotatable bonds is 5. The van der Waals surface area contributed by atoms with Crippen LogP contribution >= 0.6 is 0 Å². The number of aliphatic hydroxyl groups excluding tert-OH is 1.